The topological polar surface area (TPSA) is 83.7 Å². The summed E-state index contributed by atoms with van der Waals surface area (Å²) in [7, 11) is 0. The molecule has 0 aromatic heterocycles. The molecule has 22 heavy (non-hydrogen) atoms. The molecule has 1 aliphatic heterocycles. The van der Waals surface area contributed by atoms with Crippen molar-refractivity contribution in [2.24, 2.45) is 0 Å². The standard InChI is InChI=1S/C16H20N2O4/c1-16(2)12-7-6-10(18(21)22)9-11(12)14(15(16)20)17-8-4-3-5-13(17)19/h6-7,9,14-15,20H,3-5,8H2,1-2H3/t14-,15-/m1/s1. The Labute approximate surface area is 128 Å². The maximum Gasteiger partial charge on any atom is 0.269 e. The van der Waals surface area contributed by atoms with Gasteiger partial charge in [0.15, 0.2) is 0 Å². The summed E-state index contributed by atoms with van der Waals surface area (Å²) in [5.74, 6) is 0.0189. The number of carbonyl (C=O) groups excluding carboxylic acids is 1. The molecule has 6 heteroatoms. The zero-order chi connectivity index (χ0) is 16.1. The number of benzene rings is 1. The van der Waals surface area contributed by atoms with Crippen molar-refractivity contribution >= 4 is 11.6 Å². The van der Waals surface area contributed by atoms with Crippen LogP contribution in [0.25, 0.3) is 0 Å². The first kappa shape index (κ1) is 15.0. The second-order valence-corrected chi connectivity index (χ2v) is 6.68. The Kier molecular flexibility index (Phi) is 3.44. The van der Waals surface area contributed by atoms with Gasteiger partial charge >= 0.3 is 0 Å². The SMILES string of the molecule is CC1(C)c2ccc([N+](=O)[O-])cc2[C@@H](N2CCCCC2=O)[C@H]1O. The zero-order valence-corrected chi connectivity index (χ0v) is 12.8. The molecule has 1 N–H and O–H groups in total. The number of hydrogen-bond donors (Lipinski definition) is 1. The highest BCUT2D eigenvalue weighted by molar-refractivity contribution is 5.78. The number of non-ortho nitro benzene ring substituents is 1. The Morgan fingerprint density at radius 1 is 1.36 bits per heavy atom. The molecule has 0 bridgehead atoms. The average molecular weight is 304 g/mol. The molecule has 3 rings (SSSR count). The van der Waals surface area contributed by atoms with Crippen LogP contribution in [0.15, 0.2) is 18.2 Å². The molecule has 0 saturated carbocycles. The van der Waals surface area contributed by atoms with Gasteiger partial charge < -0.3 is 10.0 Å². The lowest BCUT2D eigenvalue weighted by Crippen LogP contribution is -2.44. The minimum atomic E-state index is -0.758. The number of fused-ring (bicyclic) bond motifs is 1. The van der Waals surface area contributed by atoms with E-state index >= 15 is 0 Å². The van der Waals surface area contributed by atoms with Crippen LogP contribution in [0.3, 0.4) is 0 Å². The number of hydrogen-bond acceptors (Lipinski definition) is 4. The van der Waals surface area contributed by atoms with Gasteiger partial charge in [0.05, 0.1) is 17.1 Å². The number of piperidine rings is 1. The van der Waals surface area contributed by atoms with Gasteiger partial charge in [0, 0.05) is 30.5 Å². The summed E-state index contributed by atoms with van der Waals surface area (Å²) in [6, 6.07) is 4.20. The number of nitro benzene ring substituents is 1. The van der Waals surface area contributed by atoms with Crippen LogP contribution in [0.1, 0.15) is 50.3 Å². The summed E-state index contributed by atoms with van der Waals surface area (Å²) < 4.78 is 0. The van der Waals surface area contributed by atoms with Crippen LogP contribution in [0.5, 0.6) is 0 Å². The van der Waals surface area contributed by atoms with Crippen molar-refractivity contribution in [2.45, 2.75) is 50.7 Å². The predicted molar refractivity (Wildman–Crippen MR) is 80.4 cm³/mol. The molecule has 0 spiro atoms. The number of aliphatic hydroxyl groups is 1. The fourth-order valence-electron chi connectivity index (χ4n) is 3.68. The molecule has 1 saturated heterocycles. The van der Waals surface area contributed by atoms with E-state index in [4.69, 9.17) is 0 Å². The average Bonchev–Trinajstić information content (AvgIpc) is 2.67. The third-order valence-electron chi connectivity index (χ3n) is 4.99. The number of rotatable bonds is 2. The van der Waals surface area contributed by atoms with Crippen molar-refractivity contribution in [3.63, 3.8) is 0 Å². The maximum absolute atomic E-state index is 12.2. The molecule has 1 aliphatic carbocycles. The van der Waals surface area contributed by atoms with Gasteiger partial charge in [-0.2, -0.15) is 0 Å². The fourth-order valence-corrected chi connectivity index (χ4v) is 3.68. The summed E-state index contributed by atoms with van der Waals surface area (Å²) in [4.78, 5) is 24.6. The Balaban J connectivity index is 2.10. The molecule has 1 heterocycles. The predicted octanol–water partition coefficient (Wildman–Crippen LogP) is 2.30. The highest BCUT2D eigenvalue weighted by Gasteiger charge is 2.49. The molecule has 1 aromatic rings. The van der Waals surface area contributed by atoms with Crippen LogP contribution in [-0.4, -0.2) is 33.5 Å². The highest BCUT2D eigenvalue weighted by Crippen LogP contribution is 2.49. The van der Waals surface area contributed by atoms with Crippen molar-refractivity contribution in [3.05, 3.63) is 39.4 Å². The molecule has 2 aliphatic rings. The Morgan fingerprint density at radius 2 is 2.09 bits per heavy atom. The van der Waals surface area contributed by atoms with E-state index < -0.39 is 22.5 Å². The maximum atomic E-state index is 12.2. The normalized spacial score (nSPS) is 26.9. The van der Waals surface area contributed by atoms with Crippen molar-refractivity contribution in [3.8, 4) is 0 Å². The van der Waals surface area contributed by atoms with Crippen molar-refractivity contribution < 1.29 is 14.8 Å². The van der Waals surface area contributed by atoms with Crippen LogP contribution in [0.4, 0.5) is 5.69 Å². The number of nitrogens with zero attached hydrogens (tertiary/aromatic N) is 2. The minimum Gasteiger partial charge on any atom is -0.390 e. The van der Waals surface area contributed by atoms with E-state index in [9.17, 15) is 20.0 Å². The Hall–Kier alpha value is -1.95. The minimum absolute atomic E-state index is 0.00175. The third kappa shape index (κ3) is 2.09. The van der Waals surface area contributed by atoms with Crippen molar-refractivity contribution in [1.29, 1.82) is 0 Å². The third-order valence-corrected chi connectivity index (χ3v) is 4.99. The number of aliphatic hydroxyl groups excluding tert-OH is 1. The highest BCUT2D eigenvalue weighted by atomic mass is 16.6. The summed E-state index contributed by atoms with van der Waals surface area (Å²) in [6.07, 6.45) is 1.49. The van der Waals surface area contributed by atoms with E-state index in [0.29, 0.717) is 18.5 Å². The van der Waals surface area contributed by atoms with Gasteiger partial charge in [-0.25, -0.2) is 0 Å². The second kappa shape index (κ2) is 5.05. The van der Waals surface area contributed by atoms with E-state index in [2.05, 4.69) is 0 Å². The van der Waals surface area contributed by atoms with Gasteiger partial charge in [0.2, 0.25) is 5.91 Å². The molecule has 1 amide bonds. The number of carbonyl (C=O) groups is 1. The molecule has 118 valence electrons. The number of likely N-dealkylation sites (tertiary alicyclic amines) is 1. The van der Waals surface area contributed by atoms with E-state index in [-0.39, 0.29) is 11.6 Å². The zero-order valence-electron chi connectivity index (χ0n) is 12.8. The molecular formula is C16H20N2O4. The van der Waals surface area contributed by atoms with Crippen LogP contribution in [0, 0.1) is 10.1 Å². The van der Waals surface area contributed by atoms with Gasteiger partial charge in [0.25, 0.3) is 5.69 Å². The van der Waals surface area contributed by atoms with Gasteiger partial charge in [0.1, 0.15) is 0 Å². The first-order valence-corrected chi connectivity index (χ1v) is 7.60. The van der Waals surface area contributed by atoms with Crippen LogP contribution in [-0.2, 0) is 10.2 Å². The Bertz CT molecular complexity index is 641. The second-order valence-electron chi connectivity index (χ2n) is 6.68. The summed E-state index contributed by atoms with van der Waals surface area (Å²) in [6.45, 7) is 4.42. The summed E-state index contributed by atoms with van der Waals surface area (Å²) in [5.41, 5.74) is 1.06. The van der Waals surface area contributed by atoms with Gasteiger partial charge in [-0.1, -0.05) is 19.9 Å². The molecule has 2 atom stereocenters. The first-order valence-electron chi connectivity index (χ1n) is 7.60. The molecule has 6 nitrogen and oxygen atoms in total. The molecule has 0 radical (unpaired) electrons. The monoisotopic (exact) mass is 304 g/mol. The van der Waals surface area contributed by atoms with E-state index in [1.807, 2.05) is 13.8 Å². The molecule has 1 aromatic carbocycles. The summed E-state index contributed by atoms with van der Waals surface area (Å²) in [5, 5.41) is 21.8. The van der Waals surface area contributed by atoms with Gasteiger partial charge in [-0.3, -0.25) is 14.9 Å². The largest absolute Gasteiger partial charge is 0.390 e. The van der Waals surface area contributed by atoms with Gasteiger partial charge in [-0.15, -0.1) is 0 Å². The van der Waals surface area contributed by atoms with Crippen LogP contribution >= 0.6 is 0 Å². The lowest BCUT2D eigenvalue weighted by atomic mass is 9.84. The molecule has 0 unspecified atom stereocenters. The van der Waals surface area contributed by atoms with E-state index in [0.717, 1.165) is 18.4 Å². The van der Waals surface area contributed by atoms with E-state index in [1.165, 1.54) is 12.1 Å². The first-order chi connectivity index (χ1) is 10.3. The fraction of sp³-hybridized carbons (Fsp3) is 0.562. The lowest BCUT2D eigenvalue weighted by Gasteiger charge is -2.36. The van der Waals surface area contributed by atoms with Crippen LogP contribution < -0.4 is 0 Å². The number of nitro groups is 1. The number of amides is 1. The Morgan fingerprint density at radius 3 is 2.73 bits per heavy atom. The van der Waals surface area contributed by atoms with Gasteiger partial charge in [-0.05, 0) is 24.0 Å². The smallest absolute Gasteiger partial charge is 0.269 e. The lowest BCUT2D eigenvalue weighted by molar-refractivity contribution is -0.385. The molecular weight excluding hydrogens is 284 g/mol. The molecule has 1 fully saturated rings. The van der Waals surface area contributed by atoms with Crippen molar-refractivity contribution in [1.82, 2.24) is 4.90 Å². The quantitative estimate of drug-likeness (QED) is 0.671. The van der Waals surface area contributed by atoms with Crippen LogP contribution in [0.2, 0.25) is 0 Å². The summed E-state index contributed by atoms with van der Waals surface area (Å²) >= 11 is 0. The van der Waals surface area contributed by atoms with Crippen molar-refractivity contribution in [2.75, 3.05) is 6.54 Å². The van der Waals surface area contributed by atoms with E-state index in [1.54, 1.807) is 11.0 Å².